The molecule has 2 N–H and O–H groups in total. The summed E-state index contributed by atoms with van der Waals surface area (Å²) in [6, 6.07) is 0. The summed E-state index contributed by atoms with van der Waals surface area (Å²) < 4.78 is 0. The van der Waals surface area contributed by atoms with E-state index in [1.165, 1.54) is 0 Å². The Morgan fingerprint density at radius 2 is 2.33 bits per heavy atom. The maximum atomic E-state index is 10.1. The van der Waals surface area contributed by atoms with Crippen molar-refractivity contribution in [3.05, 3.63) is 24.8 Å². The molecule has 0 aromatic heterocycles. The van der Waals surface area contributed by atoms with Crippen LogP contribution < -0.4 is 5.73 Å². The molecule has 1 amide bonds. The quantitative estimate of drug-likeness (QED) is 0.559. The lowest BCUT2D eigenvalue weighted by atomic mass is 10.3. The fourth-order valence-electron chi connectivity index (χ4n) is 0.418. The minimum atomic E-state index is -0.260. The third-order valence-corrected chi connectivity index (χ3v) is 0.830. The van der Waals surface area contributed by atoms with E-state index in [-0.39, 0.29) is 5.91 Å². The van der Waals surface area contributed by atoms with Gasteiger partial charge in [-0.3, -0.25) is 4.79 Å². The van der Waals surface area contributed by atoms with Crippen LogP contribution in [0.15, 0.2) is 24.8 Å². The Labute approximate surface area is 55.1 Å². The van der Waals surface area contributed by atoms with Crippen LogP contribution in [-0.4, -0.2) is 5.91 Å². The standard InChI is InChI=1S/C7H11NO/c1-2-3-4-5-6-7(8)9/h2-4H,1,5-6H2,(H2,8,9). The van der Waals surface area contributed by atoms with Gasteiger partial charge in [-0.25, -0.2) is 0 Å². The molecule has 0 spiro atoms. The van der Waals surface area contributed by atoms with Gasteiger partial charge in [-0.1, -0.05) is 24.8 Å². The second-order valence-electron chi connectivity index (χ2n) is 1.67. The average molecular weight is 125 g/mol. The molecule has 2 heteroatoms. The van der Waals surface area contributed by atoms with E-state index in [1.54, 1.807) is 12.2 Å². The highest BCUT2D eigenvalue weighted by molar-refractivity contribution is 5.73. The van der Waals surface area contributed by atoms with Gasteiger partial charge in [0.1, 0.15) is 0 Å². The van der Waals surface area contributed by atoms with Crippen LogP contribution in [0.1, 0.15) is 12.8 Å². The molecule has 0 aliphatic rings. The van der Waals surface area contributed by atoms with Crippen LogP contribution in [0, 0.1) is 0 Å². The highest BCUT2D eigenvalue weighted by Gasteiger charge is 1.87. The summed E-state index contributed by atoms with van der Waals surface area (Å²) in [5.41, 5.74) is 4.88. The van der Waals surface area contributed by atoms with E-state index in [0.29, 0.717) is 12.8 Å². The van der Waals surface area contributed by atoms with E-state index in [0.717, 1.165) is 0 Å². The molecule has 0 atom stereocenters. The third kappa shape index (κ3) is 6.95. The van der Waals surface area contributed by atoms with Gasteiger partial charge in [0.2, 0.25) is 5.91 Å². The van der Waals surface area contributed by atoms with E-state index in [9.17, 15) is 4.79 Å². The van der Waals surface area contributed by atoms with Gasteiger partial charge in [-0.2, -0.15) is 0 Å². The minimum absolute atomic E-state index is 0.260. The number of carbonyl (C=O) groups is 1. The van der Waals surface area contributed by atoms with Crippen molar-refractivity contribution in [2.75, 3.05) is 0 Å². The molecule has 0 bridgehead atoms. The van der Waals surface area contributed by atoms with E-state index in [2.05, 4.69) is 6.58 Å². The molecule has 50 valence electrons. The van der Waals surface area contributed by atoms with Gasteiger partial charge >= 0.3 is 0 Å². The van der Waals surface area contributed by atoms with Gasteiger partial charge in [0.05, 0.1) is 0 Å². The number of primary amides is 1. The van der Waals surface area contributed by atoms with Crippen molar-refractivity contribution < 1.29 is 4.79 Å². The van der Waals surface area contributed by atoms with Crippen molar-refractivity contribution >= 4 is 5.91 Å². The van der Waals surface area contributed by atoms with Crippen molar-refractivity contribution in [3.8, 4) is 0 Å². The van der Waals surface area contributed by atoms with Crippen LogP contribution in [0.2, 0.25) is 0 Å². The number of hydrogen-bond acceptors (Lipinski definition) is 1. The Balaban J connectivity index is 3.19. The number of hydrogen-bond donors (Lipinski definition) is 1. The van der Waals surface area contributed by atoms with Crippen LogP contribution in [-0.2, 0) is 4.79 Å². The van der Waals surface area contributed by atoms with Gasteiger partial charge < -0.3 is 5.73 Å². The first-order valence-electron chi connectivity index (χ1n) is 2.83. The lowest BCUT2D eigenvalue weighted by Crippen LogP contribution is -2.08. The van der Waals surface area contributed by atoms with Gasteiger partial charge in [0.15, 0.2) is 0 Å². The van der Waals surface area contributed by atoms with E-state index in [4.69, 9.17) is 5.73 Å². The van der Waals surface area contributed by atoms with Gasteiger partial charge in [-0.05, 0) is 6.42 Å². The molecule has 0 aliphatic heterocycles. The zero-order valence-electron chi connectivity index (χ0n) is 5.34. The number of carbonyl (C=O) groups excluding carboxylic acids is 1. The van der Waals surface area contributed by atoms with E-state index in [1.807, 2.05) is 6.08 Å². The largest absolute Gasteiger partial charge is 0.370 e. The molecule has 0 aromatic carbocycles. The van der Waals surface area contributed by atoms with Crippen molar-refractivity contribution in [2.45, 2.75) is 12.8 Å². The SMILES string of the molecule is C=CC=CCCC(N)=O. The summed E-state index contributed by atoms with van der Waals surface area (Å²) in [5, 5.41) is 0. The predicted octanol–water partition coefficient (Wildman–Crippen LogP) is 0.994. The number of allylic oxidation sites excluding steroid dienone is 3. The number of rotatable bonds is 4. The summed E-state index contributed by atoms with van der Waals surface area (Å²) in [6.45, 7) is 3.47. The van der Waals surface area contributed by atoms with E-state index < -0.39 is 0 Å². The lowest BCUT2D eigenvalue weighted by Gasteiger charge is -1.85. The van der Waals surface area contributed by atoms with Crippen LogP contribution >= 0.6 is 0 Å². The van der Waals surface area contributed by atoms with Crippen molar-refractivity contribution in [2.24, 2.45) is 5.73 Å². The number of nitrogens with two attached hydrogens (primary N) is 1. The zero-order chi connectivity index (χ0) is 7.11. The van der Waals surface area contributed by atoms with Crippen LogP contribution in [0.4, 0.5) is 0 Å². The van der Waals surface area contributed by atoms with Gasteiger partial charge in [0, 0.05) is 6.42 Å². The van der Waals surface area contributed by atoms with Crippen molar-refractivity contribution in [1.82, 2.24) is 0 Å². The first kappa shape index (κ1) is 7.95. The highest BCUT2D eigenvalue weighted by atomic mass is 16.1. The summed E-state index contributed by atoms with van der Waals surface area (Å²) in [7, 11) is 0. The topological polar surface area (TPSA) is 43.1 Å². The molecule has 2 nitrogen and oxygen atoms in total. The summed E-state index contributed by atoms with van der Waals surface area (Å²) >= 11 is 0. The Bertz CT molecular complexity index is 127. The second kappa shape index (κ2) is 5.09. The molecular weight excluding hydrogens is 114 g/mol. The fraction of sp³-hybridized carbons (Fsp3) is 0.286. The maximum absolute atomic E-state index is 10.1. The molecule has 0 aromatic rings. The molecule has 0 fully saturated rings. The molecule has 0 unspecified atom stereocenters. The van der Waals surface area contributed by atoms with Crippen molar-refractivity contribution in [1.29, 1.82) is 0 Å². The Kier molecular flexibility index (Phi) is 4.50. The zero-order valence-corrected chi connectivity index (χ0v) is 5.34. The monoisotopic (exact) mass is 125 g/mol. The normalized spacial score (nSPS) is 9.78. The fourth-order valence-corrected chi connectivity index (χ4v) is 0.418. The maximum Gasteiger partial charge on any atom is 0.217 e. The lowest BCUT2D eigenvalue weighted by molar-refractivity contribution is -0.117. The average Bonchev–Trinajstić information content (AvgIpc) is 1.80. The van der Waals surface area contributed by atoms with E-state index >= 15 is 0 Å². The van der Waals surface area contributed by atoms with Gasteiger partial charge in [-0.15, -0.1) is 0 Å². The first-order chi connectivity index (χ1) is 4.27. The molecule has 9 heavy (non-hydrogen) atoms. The molecule has 0 saturated heterocycles. The van der Waals surface area contributed by atoms with Crippen molar-refractivity contribution in [3.63, 3.8) is 0 Å². The third-order valence-electron chi connectivity index (χ3n) is 0.830. The Morgan fingerprint density at radius 3 is 2.78 bits per heavy atom. The first-order valence-corrected chi connectivity index (χ1v) is 2.83. The van der Waals surface area contributed by atoms with Gasteiger partial charge in [0.25, 0.3) is 0 Å². The smallest absolute Gasteiger partial charge is 0.217 e. The minimum Gasteiger partial charge on any atom is -0.370 e. The Morgan fingerprint density at radius 1 is 1.67 bits per heavy atom. The summed E-state index contributed by atoms with van der Waals surface area (Å²) in [4.78, 5) is 10.1. The Hall–Kier alpha value is -1.05. The molecule has 0 radical (unpaired) electrons. The highest BCUT2D eigenvalue weighted by Crippen LogP contribution is 1.88. The molecule has 0 saturated carbocycles. The summed E-state index contributed by atoms with van der Waals surface area (Å²) in [6.07, 6.45) is 6.45. The molecule has 0 heterocycles. The van der Waals surface area contributed by atoms with Crippen LogP contribution in [0.25, 0.3) is 0 Å². The van der Waals surface area contributed by atoms with Crippen LogP contribution in [0.3, 0.4) is 0 Å². The second-order valence-corrected chi connectivity index (χ2v) is 1.67. The number of amides is 1. The molecule has 0 rings (SSSR count). The summed E-state index contributed by atoms with van der Waals surface area (Å²) in [5.74, 6) is -0.260. The predicted molar refractivity (Wildman–Crippen MR) is 37.8 cm³/mol. The molecular formula is C7H11NO. The van der Waals surface area contributed by atoms with Crippen LogP contribution in [0.5, 0.6) is 0 Å². The molecule has 0 aliphatic carbocycles.